The molecule has 2 amide bonds. The van der Waals surface area contributed by atoms with Crippen molar-refractivity contribution in [3.63, 3.8) is 0 Å². The van der Waals surface area contributed by atoms with Gasteiger partial charge in [-0.3, -0.25) is 9.59 Å². The first-order chi connectivity index (χ1) is 11.9. The summed E-state index contributed by atoms with van der Waals surface area (Å²) in [4.78, 5) is 23.0. The number of aryl methyl sites for hydroxylation is 1. The predicted octanol–water partition coefficient (Wildman–Crippen LogP) is 0.791. The minimum Gasteiger partial charge on any atom is -0.351 e. The molecule has 1 aromatic carbocycles. The predicted molar refractivity (Wildman–Crippen MR) is 94.4 cm³/mol. The zero-order chi connectivity index (χ0) is 18.4. The van der Waals surface area contributed by atoms with Gasteiger partial charge in [0.05, 0.1) is 4.90 Å². The smallest absolute Gasteiger partial charge is 0.309 e. The molecular formula is C17H25N3O4S. The number of benzene rings is 1. The molecule has 0 radical (unpaired) electrons. The van der Waals surface area contributed by atoms with E-state index in [1.165, 1.54) is 11.4 Å². The van der Waals surface area contributed by atoms with Gasteiger partial charge >= 0.3 is 11.8 Å². The van der Waals surface area contributed by atoms with Crippen LogP contribution in [-0.4, -0.2) is 50.7 Å². The highest BCUT2D eigenvalue weighted by Gasteiger charge is 2.33. The van der Waals surface area contributed by atoms with Crippen LogP contribution in [-0.2, 0) is 19.6 Å². The molecule has 8 heteroatoms. The second-order valence-corrected chi connectivity index (χ2v) is 8.09. The lowest BCUT2D eigenvalue weighted by Crippen LogP contribution is -2.46. The van der Waals surface area contributed by atoms with Crippen molar-refractivity contribution in [3.8, 4) is 0 Å². The van der Waals surface area contributed by atoms with Crippen molar-refractivity contribution in [1.82, 2.24) is 14.9 Å². The summed E-state index contributed by atoms with van der Waals surface area (Å²) in [5, 5.41) is 4.78. The van der Waals surface area contributed by atoms with Gasteiger partial charge in [0.2, 0.25) is 10.0 Å². The van der Waals surface area contributed by atoms with Crippen molar-refractivity contribution >= 4 is 21.8 Å². The number of sulfonamides is 1. The number of rotatable bonds is 5. The van der Waals surface area contributed by atoms with Crippen molar-refractivity contribution in [2.75, 3.05) is 20.1 Å². The third kappa shape index (κ3) is 4.79. The highest BCUT2D eigenvalue weighted by atomic mass is 32.2. The molecule has 2 rings (SSSR count). The monoisotopic (exact) mass is 367 g/mol. The van der Waals surface area contributed by atoms with Crippen LogP contribution < -0.4 is 10.6 Å². The summed E-state index contributed by atoms with van der Waals surface area (Å²) < 4.78 is 27.4. The Morgan fingerprint density at radius 2 is 1.84 bits per heavy atom. The Labute approximate surface area is 148 Å². The van der Waals surface area contributed by atoms with E-state index in [9.17, 15) is 18.0 Å². The molecule has 0 unspecified atom stereocenters. The zero-order valence-corrected chi connectivity index (χ0v) is 15.4. The number of nitrogens with zero attached hydrogens (tertiary/aromatic N) is 1. The van der Waals surface area contributed by atoms with Gasteiger partial charge in [0.25, 0.3) is 0 Å². The summed E-state index contributed by atoms with van der Waals surface area (Å²) >= 11 is 0. The summed E-state index contributed by atoms with van der Waals surface area (Å²) in [6, 6.07) is 6.66. The number of likely N-dealkylation sites (N-methyl/N-ethyl adjacent to an activating group) is 1. The third-order valence-electron chi connectivity index (χ3n) is 4.40. The quantitative estimate of drug-likeness (QED) is 0.752. The molecule has 1 heterocycles. The molecule has 1 saturated heterocycles. The Morgan fingerprint density at radius 1 is 1.16 bits per heavy atom. The molecule has 0 spiro atoms. The van der Waals surface area contributed by atoms with Crippen LogP contribution >= 0.6 is 0 Å². The molecule has 1 aliphatic heterocycles. The van der Waals surface area contributed by atoms with Crippen molar-refractivity contribution in [1.29, 1.82) is 0 Å². The first-order valence-electron chi connectivity index (χ1n) is 8.44. The maximum absolute atomic E-state index is 12.9. The Kier molecular flexibility index (Phi) is 6.55. The zero-order valence-electron chi connectivity index (χ0n) is 14.6. The lowest BCUT2D eigenvalue weighted by Gasteiger charge is -2.34. The van der Waals surface area contributed by atoms with Gasteiger partial charge in [-0.15, -0.1) is 0 Å². The summed E-state index contributed by atoms with van der Waals surface area (Å²) in [6.07, 6.45) is 3.01. The normalized spacial score (nSPS) is 18.6. The average molecular weight is 367 g/mol. The number of carbonyl (C=O) groups excluding carboxylic acids is 2. The van der Waals surface area contributed by atoms with Gasteiger partial charge in [-0.25, -0.2) is 8.42 Å². The van der Waals surface area contributed by atoms with Crippen molar-refractivity contribution in [2.45, 2.75) is 43.5 Å². The van der Waals surface area contributed by atoms with Crippen LogP contribution in [0.5, 0.6) is 0 Å². The van der Waals surface area contributed by atoms with Gasteiger partial charge in [-0.05, 0) is 38.3 Å². The number of carbonyl (C=O) groups is 2. The first kappa shape index (κ1) is 19.4. The van der Waals surface area contributed by atoms with Crippen LogP contribution in [0.25, 0.3) is 0 Å². The molecule has 0 bridgehead atoms. The van der Waals surface area contributed by atoms with Crippen LogP contribution in [0.15, 0.2) is 29.2 Å². The SMILES string of the molecule is CNC(=O)C(=O)NCC[C@@H]1CCCCN1S(=O)(=O)c1ccc(C)cc1. The molecule has 138 valence electrons. The van der Waals surface area contributed by atoms with E-state index in [1.807, 2.05) is 6.92 Å². The third-order valence-corrected chi connectivity index (χ3v) is 6.36. The second-order valence-electron chi connectivity index (χ2n) is 6.20. The van der Waals surface area contributed by atoms with E-state index in [2.05, 4.69) is 10.6 Å². The summed E-state index contributed by atoms with van der Waals surface area (Å²) in [5.41, 5.74) is 1.01. The average Bonchev–Trinajstić information content (AvgIpc) is 2.61. The molecule has 1 atom stereocenters. The minimum absolute atomic E-state index is 0.176. The standard InChI is InChI=1S/C17H25N3O4S/c1-13-6-8-15(9-7-13)25(23,24)20-12-4-3-5-14(20)10-11-19-17(22)16(21)18-2/h6-9,14H,3-5,10-12H2,1-2H3,(H,18,21)(H,19,22)/t14-/m0/s1. The molecule has 0 aliphatic carbocycles. The van der Waals surface area contributed by atoms with Crippen LogP contribution in [0.3, 0.4) is 0 Å². The fourth-order valence-electron chi connectivity index (χ4n) is 2.97. The maximum Gasteiger partial charge on any atom is 0.309 e. The molecule has 1 fully saturated rings. The Bertz CT molecular complexity index is 716. The van der Waals surface area contributed by atoms with Crippen molar-refractivity contribution in [3.05, 3.63) is 29.8 Å². The van der Waals surface area contributed by atoms with E-state index in [0.717, 1.165) is 24.8 Å². The van der Waals surface area contributed by atoms with Crippen LogP contribution in [0.1, 0.15) is 31.2 Å². The molecule has 0 aromatic heterocycles. The van der Waals surface area contributed by atoms with E-state index in [1.54, 1.807) is 24.3 Å². The van der Waals surface area contributed by atoms with E-state index < -0.39 is 21.8 Å². The number of amides is 2. The maximum atomic E-state index is 12.9. The highest BCUT2D eigenvalue weighted by molar-refractivity contribution is 7.89. The Hall–Kier alpha value is -1.93. The highest BCUT2D eigenvalue weighted by Crippen LogP contribution is 2.27. The van der Waals surface area contributed by atoms with Gasteiger partial charge in [0.1, 0.15) is 0 Å². The number of hydrogen-bond donors (Lipinski definition) is 2. The van der Waals surface area contributed by atoms with Gasteiger partial charge in [-0.2, -0.15) is 4.31 Å². The van der Waals surface area contributed by atoms with Gasteiger partial charge in [0.15, 0.2) is 0 Å². The number of hydrogen-bond acceptors (Lipinski definition) is 4. The molecule has 1 aromatic rings. The Morgan fingerprint density at radius 3 is 2.48 bits per heavy atom. The number of piperidine rings is 1. The van der Waals surface area contributed by atoms with Crippen molar-refractivity contribution in [2.24, 2.45) is 0 Å². The van der Waals surface area contributed by atoms with Crippen LogP contribution in [0.4, 0.5) is 0 Å². The largest absolute Gasteiger partial charge is 0.351 e. The Balaban J connectivity index is 2.05. The van der Waals surface area contributed by atoms with E-state index in [-0.39, 0.29) is 12.6 Å². The van der Waals surface area contributed by atoms with Crippen LogP contribution in [0.2, 0.25) is 0 Å². The first-order valence-corrected chi connectivity index (χ1v) is 9.88. The fourth-order valence-corrected chi connectivity index (χ4v) is 4.69. The van der Waals surface area contributed by atoms with E-state index in [0.29, 0.717) is 17.9 Å². The van der Waals surface area contributed by atoms with Gasteiger partial charge in [-0.1, -0.05) is 24.1 Å². The summed E-state index contributed by atoms with van der Waals surface area (Å²) in [7, 11) is -2.17. The van der Waals surface area contributed by atoms with E-state index in [4.69, 9.17) is 0 Å². The number of nitrogens with one attached hydrogen (secondary N) is 2. The molecule has 0 saturated carbocycles. The fraction of sp³-hybridized carbons (Fsp3) is 0.529. The topological polar surface area (TPSA) is 95.6 Å². The van der Waals surface area contributed by atoms with Crippen molar-refractivity contribution < 1.29 is 18.0 Å². The van der Waals surface area contributed by atoms with Gasteiger partial charge in [0, 0.05) is 26.2 Å². The van der Waals surface area contributed by atoms with Gasteiger partial charge < -0.3 is 10.6 Å². The molecular weight excluding hydrogens is 342 g/mol. The lowest BCUT2D eigenvalue weighted by molar-refractivity contribution is -0.138. The molecule has 2 N–H and O–H groups in total. The summed E-state index contributed by atoms with van der Waals surface area (Å²) in [6.45, 7) is 2.65. The molecule has 1 aliphatic rings. The minimum atomic E-state index is -3.56. The second kappa shape index (κ2) is 8.44. The molecule has 25 heavy (non-hydrogen) atoms. The van der Waals surface area contributed by atoms with Crippen LogP contribution in [0, 0.1) is 6.92 Å². The molecule has 7 nitrogen and oxygen atoms in total. The van der Waals surface area contributed by atoms with E-state index >= 15 is 0 Å². The lowest BCUT2D eigenvalue weighted by atomic mass is 10.0. The summed E-state index contributed by atoms with van der Waals surface area (Å²) in [5.74, 6) is -1.40.